The number of sulfonamides is 1. The SMILES string of the molecule is Cc1cn2nc([C@@H]3CCCCN3C(=O)C(NS(C)(=O)=O)c3ccccc3Cl)cc2nc1N1CC[C@H](N)C1. The fraction of sp³-hybridized carbons (Fsp3) is 0.480. The van der Waals surface area contributed by atoms with Crippen molar-refractivity contribution in [1.82, 2.24) is 24.2 Å². The number of carbonyl (C=O) groups is 1. The van der Waals surface area contributed by atoms with E-state index in [1.54, 1.807) is 33.7 Å². The second kappa shape index (κ2) is 10.2. The number of nitrogens with zero attached hydrogens (tertiary/aromatic N) is 5. The molecule has 2 aliphatic heterocycles. The molecule has 1 aromatic carbocycles. The number of likely N-dealkylation sites (tertiary alicyclic amines) is 1. The van der Waals surface area contributed by atoms with Crippen molar-refractivity contribution in [2.45, 2.75) is 50.7 Å². The van der Waals surface area contributed by atoms with Gasteiger partial charge in [-0.2, -0.15) is 9.82 Å². The number of anilines is 1. The number of nitrogens with two attached hydrogens (primary N) is 1. The monoisotopic (exact) mass is 545 g/mol. The van der Waals surface area contributed by atoms with Crippen LogP contribution in [0.25, 0.3) is 5.65 Å². The predicted molar refractivity (Wildman–Crippen MR) is 143 cm³/mol. The van der Waals surface area contributed by atoms with E-state index in [9.17, 15) is 13.2 Å². The lowest BCUT2D eigenvalue weighted by Crippen LogP contribution is -2.46. The third-order valence-corrected chi connectivity index (χ3v) is 8.08. The topological polar surface area (TPSA) is 126 Å². The lowest BCUT2D eigenvalue weighted by molar-refractivity contribution is -0.137. The molecule has 0 spiro atoms. The summed E-state index contributed by atoms with van der Waals surface area (Å²) in [6.45, 7) is 4.14. The Morgan fingerprint density at radius 1 is 1.22 bits per heavy atom. The number of rotatable bonds is 6. The number of fused-ring (bicyclic) bond motifs is 1. The average Bonchev–Trinajstić information content (AvgIpc) is 3.47. The molecule has 0 saturated carbocycles. The molecule has 0 bridgehead atoms. The summed E-state index contributed by atoms with van der Waals surface area (Å²) in [6.07, 6.45) is 6.40. The number of piperidine rings is 1. The Morgan fingerprint density at radius 2 is 2.00 bits per heavy atom. The molecule has 4 heterocycles. The number of aromatic nitrogens is 3. The number of benzene rings is 1. The molecule has 37 heavy (non-hydrogen) atoms. The van der Waals surface area contributed by atoms with E-state index in [0.717, 1.165) is 62.1 Å². The Balaban J connectivity index is 1.49. The van der Waals surface area contributed by atoms with Gasteiger partial charge in [-0.3, -0.25) is 4.79 Å². The molecule has 5 rings (SSSR count). The third-order valence-electron chi connectivity index (χ3n) is 7.07. The van der Waals surface area contributed by atoms with Crippen LogP contribution >= 0.6 is 11.6 Å². The first-order chi connectivity index (χ1) is 17.6. The van der Waals surface area contributed by atoms with Crippen molar-refractivity contribution in [3.05, 3.63) is 58.4 Å². The number of hydrogen-bond acceptors (Lipinski definition) is 7. The number of halogens is 1. The number of aryl methyl sites for hydroxylation is 1. The molecule has 12 heteroatoms. The maximum atomic E-state index is 13.9. The highest BCUT2D eigenvalue weighted by Gasteiger charge is 2.36. The van der Waals surface area contributed by atoms with Crippen LogP contribution in [0, 0.1) is 6.92 Å². The number of carbonyl (C=O) groups excluding carboxylic acids is 1. The largest absolute Gasteiger partial charge is 0.355 e. The molecule has 3 atom stereocenters. The van der Waals surface area contributed by atoms with Crippen LogP contribution in [0.4, 0.5) is 5.82 Å². The number of hydrogen-bond donors (Lipinski definition) is 2. The highest BCUT2D eigenvalue weighted by atomic mass is 35.5. The third kappa shape index (κ3) is 5.45. The first-order valence-electron chi connectivity index (χ1n) is 12.5. The van der Waals surface area contributed by atoms with Crippen LogP contribution in [0.3, 0.4) is 0 Å². The lowest BCUT2D eigenvalue weighted by Gasteiger charge is -2.37. The molecule has 0 radical (unpaired) electrons. The second-order valence-electron chi connectivity index (χ2n) is 10.0. The molecule has 198 valence electrons. The summed E-state index contributed by atoms with van der Waals surface area (Å²) in [6, 6.07) is 7.43. The summed E-state index contributed by atoms with van der Waals surface area (Å²) in [7, 11) is -3.70. The van der Waals surface area contributed by atoms with Crippen LogP contribution in [0.15, 0.2) is 36.5 Å². The van der Waals surface area contributed by atoms with Crippen molar-refractivity contribution in [2.24, 2.45) is 5.73 Å². The molecule has 1 unspecified atom stereocenters. The molecule has 3 N–H and O–H groups in total. The van der Waals surface area contributed by atoms with E-state index in [1.165, 1.54) is 0 Å². The van der Waals surface area contributed by atoms with Gasteiger partial charge in [0.25, 0.3) is 0 Å². The molecule has 2 aromatic heterocycles. The minimum atomic E-state index is -3.70. The van der Waals surface area contributed by atoms with Crippen molar-refractivity contribution in [1.29, 1.82) is 0 Å². The summed E-state index contributed by atoms with van der Waals surface area (Å²) >= 11 is 6.39. The van der Waals surface area contributed by atoms with Gasteiger partial charge in [-0.25, -0.2) is 17.9 Å². The maximum Gasteiger partial charge on any atom is 0.245 e. The zero-order valence-corrected chi connectivity index (χ0v) is 22.5. The van der Waals surface area contributed by atoms with Gasteiger partial charge in [0.2, 0.25) is 15.9 Å². The highest BCUT2D eigenvalue weighted by molar-refractivity contribution is 7.88. The van der Waals surface area contributed by atoms with Crippen LogP contribution in [0.1, 0.15) is 54.6 Å². The molecule has 2 aliphatic rings. The standard InChI is InChI=1S/C25H32ClN7O3S/c1-16-14-33-22(28-24(16)31-12-10-17(27)15-31)13-20(29-33)21-9-5-6-11-32(21)25(34)23(30-37(2,35)36)18-7-3-4-8-19(18)26/h3-4,7-8,13-14,17,21,23,30H,5-6,9-12,15,27H2,1-2H3/t17-,21-,23?/m0/s1. The van der Waals surface area contributed by atoms with Crippen LogP contribution in [-0.4, -0.2) is 65.8 Å². The zero-order valence-electron chi connectivity index (χ0n) is 21.0. The summed E-state index contributed by atoms with van der Waals surface area (Å²) < 4.78 is 28.7. The predicted octanol–water partition coefficient (Wildman–Crippen LogP) is 2.57. The van der Waals surface area contributed by atoms with Gasteiger partial charge in [-0.05, 0) is 44.2 Å². The molecule has 10 nitrogen and oxygen atoms in total. The molecular weight excluding hydrogens is 514 g/mol. The van der Waals surface area contributed by atoms with E-state index in [1.807, 2.05) is 19.2 Å². The van der Waals surface area contributed by atoms with Gasteiger partial charge in [0.15, 0.2) is 5.65 Å². The van der Waals surface area contributed by atoms with Crippen molar-refractivity contribution >= 4 is 39.0 Å². The summed E-state index contributed by atoms with van der Waals surface area (Å²) in [5.74, 6) is 0.552. The van der Waals surface area contributed by atoms with E-state index >= 15 is 0 Å². The van der Waals surface area contributed by atoms with Crippen LogP contribution < -0.4 is 15.4 Å². The van der Waals surface area contributed by atoms with E-state index in [2.05, 4.69) is 9.62 Å². The Bertz CT molecular complexity index is 1430. The first kappa shape index (κ1) is 25.9. The Morgan fingerprint density at radius 3 is 2.70 bits per heavy atom. The normalized spacial score (nSPS) is 21.5. The molecule has 1 amide bonds. The van der Waals surface area contributed by atoms with E-state index in [-0.39, 0.29) is 18.0 Å². The molecule has 3 aromatic rings. The molecule has 0 aliphatic carbocycles. The van der Waals surface area contributed by atoms with Gasteiger partial charge in [-0.15, -0.1) is 0 Å². The summed E-state index contributed by atoms with van der Waals surface area (Å²) in [4.78, 5) is 22.7. The Kier molecular flexibility index (Phi) is 7.14. The molecule has 2 fully saturated rings. The Labute approximate surface area is 221 Å². The summed E-state index contributed by atoms with van der Waals surface area (Å²) in [5, 5.41) is 5.12. The van der Waals surface area contributed by atoms with Gasteiger partial charge in [0.05, 0.1) is 18.0 Å². The quantitative estimate of drug-likeness (QED) is 0.487. The number of amides is 1. The average molecular weight is 546 g/mol. The first-order valence-corrected chi connectivity index (χ1v) is 14.8. The van der Waals surface area contributed by atoms with Gasteiger partial charge >= 0.3 is 0 Å². The van der Waals surface area contributed by atoms with E-state index in [4.69, 9.17) is 27.4 Å². The van der Waals surface area contributed by atoms with E-state index in [0.29, 0.717) is 22.8 Å². The van der Waals surface area contributed by atoms with Gasteiger partial charge in [0.1, 0.15) is 11.9 Å². The fourth-order valence-corrected chi connectivity index (χ4v) is 6.22. The van der Waals surface area contributed by atoms with Crippen molar-refractivity contribution in [2.75, 3.05) is 30.8 Å². The van der Waals surface area contributed by atoms with Crippen molar-refractivity contribution in [3.63, 3.8) is 0 Å². The van der Waals surface area contributed by atoms with Gasteiger partial charge < -0.3 is 15.5 Å². The maximum absolute atomic E-state index is 13.9. The fourth-order valence-electron chi connectivity index (χ4n) is 5.32. The second-order valence-corrected chi connectivity index (χ2v) is 12.2. The van der Waals surface area contributed by atoms with Gasteiger partial charge in [-0.1, -0.05) is 29.8 Å². The smallest absolute Gasteiger partial charge is 0.245 e. The lowest BCUT2D eigenvalue weighted by atomic mass is 9.97. The Hall–Kier alpha value is -2.73. The molecule has 2 saturated heterocycles. The van der Waals surface area contributed by atoms with Crippen LogP contribution in [0.5, 0.6) is 0 Å². The van der Waals surface area contributed by atoms with Crippen LogP contribution in [0.2, 0.25) is 5.02 Å². The van der Waals surface area contributed by atoms with Crippen molar-refractivity contribution in [3.8, 4) is 0 Å². The molecular formula is C25H32ClN7O3S. The van der Waals surface area contributed by atoms with E-state index < -0.39 is 16.1 Å². The summed E-state index contributed by atoms with van der Waals surface area (Å²) in [5.41, 5.74) is 8.96. The minimum absolute atomic E-state index is 0.145. The van der Waals surface area contributed by atoms with Crippen molar-refractivity contribution < 1.29 is 13.2 Å². The number of nitrogens with one attached hydrogen (secondary N) is 1. The zero-order chi connectivity index (χ0) is 26.3. The minimum Gasteiger partial charge on any atom is -0.355 e. The highest BCUT2D eigenvalue weighted by Crippen LogP contribution is 2.35. The van der Waals surface area contributed by atoms with Crippen LogP contribution in [-0.2, 0) is 14.8 Å². The van der Waals surface area contributed by atoms with Gasteiger partial charge in [0, 0.05) is 48.5 Å².